The zero-order valence-electron chi connectivity index (χ0n) is 11.7. The monoisotopic (exact) mass is 253 g/mol. The van der Waals surface area contributed by atoms with Gasteiger partial charge in [-0.3, -0.25) is 4.79 Å². The maximum atomic E-state index is 11.5. The number of carbonyl (C=O) groups excluding carboxylic acids is 1. The molecule has 0 radical (unpaired) electrons. The van der Waals surface area contributed by atoms with Crippen LogP contribution in [0.2, 0.25) is 0 Å². The fourth-order valence-electron chi connectivity index (χ4n) is 1.61. The first kappa shape index (κ1) is 14.7. The Labute approximate surface area is 109 Å². The number of rotatable bonds is 6. The Hall–Kier alpha value is -1.36. The van der Waals surface area contributed by atoms with Crippen LogP contribution >= 0.6 is 0 Å². The quantitative estimate of drug-likeness (QED) is 0.784. The second kappa shape index (κ2) is 6.54. The molecule has 102 valence electrons. The van der Waals surface area contributed by atoms with Gasteiger partial charge in [0.1, 0.15) is 5.60 Å². The molecular weight excluding hydrogens is 230 g/mol. The van der Waals surface area contributed by atoms with Crippen LogP contribution in [0.1, 0.15) is 39.8 Å². The van der Waals surface area contributed by atoms with Gasteiger partial charge in [0.15, 0.2) is 0 Å². The van der Waals surface area contributed by atoms with Crippen molar-refractivity contribution in [3.63, 3.8) is 0 Å². The summed E-state index contributed by atoms with van der Waals surface area (Å²) in [6.07, 6.45) is 4.70. The third-order valence-corrected chi connectivity index (χ3v) is 2.26. The van der Waals surface area contributed by atoms with Gasteiger partial charge >= 0.3 is 5.97 Å². The van der Waals surface area contributed by atoms with Gasteiger partial charge in [0, 0.05) is 19.3 Å². The predicted molar refractivity (Wildman–Crippen MR) is 70.1 cm³/mol. The molecular formula is C13H23N3O2. The van der Waals surface area contributed by atoms with E-state index in [-0.39, 0.29) is 12.5 Å². The van der Waals surface area contributed by atoms with Crippen molar-refractivity contribution in [1.82, 2.24) is 14.9 Å². The molecule has 0 atom stereocenters. The second-order valence-electron chi connectivity index (χ2n) is 5.27. The molecule has 0 amide bonds. The molecule has 5 heteroatoms. The van der Waals surface area contributed by atoms with Crippen LogP contribution in [-0.2, 0) is 22.6 Å². The molecule has 0 aromatic carbocycles. The Morgan fingerprint density at radius 1 is 1.50 bits per heavy atom. The Morgan fingerprint density at radius 2 is 2.22 bits per heavy atom. The minimum atomic E-state index is -0.428. The number of imidazole rings is 1. The van der Waals surface area contributed by atoms with Crippen LogP contribution in [0.5, 0.6) is 0 Å². The first-order chi connectivity index (χ1) is 8.42. The zero-order chi connectivity index (χ0) is 13.6. The zero-order valence-corrected chi connectivity index (χ0v) is 11.7. The standard InChI is InChI=1S/C13H23N3O2/c1-5-6-16-10-15-8-11(16)7-14-9-12(17)18-13(2,3)4/h8,10,14H,5-7,9H2,1-4H3. The molecule has 0 spiro atoms. The summed E-state index contributed by atoms with van der Waals surface area (Å²) in [6.45, 7) is 9.50. The van der Waals surface area contributed by atoms with E-state index in [0.717, 1.165) is 18.7 Å². The van der Waals surface area contributed by atoms with Gasteiger partial charge in [-0.05, 0) is 27.2 Å². The third-order valence-electron chi connectivity index (χ3n) is 2.26. The number of nitrogens with zero attached hydrogens (tertiary/aromatic N) is 2. The molecule has 0 aliphatic heterocycles. The fourth-order valence-corrected chi connectivity index (χ4v) is 1.61. The van der Waals surface area contributed by atoms with Crippen molar-refractivity contribution in [3.8, 4) is 0 Å². The van der Waals surface area contributed by atoms with E-state index in [2.05, 4.69) is 21.8 Å². The Bertz CT molecular complexity index is 380. The fraction of sp³-hybridized carbons (Fsp3) is 0.692. The maximum absolute atomic E-state index is 11.5. The van der Waals surface area contributed by atoms with Crippen LogP contribution in [0.15, 0.2) is 12.5 Å². The van der Waals surface area contributed by atoms with Gasteiger partial charge in [0.25, 0.3) is 0 Å². The number of carbonyl (C=O) groups is 1. The highest BCUT2D eigenvalue weighted by Gasteiger charge is 2.15. The van der Waals surface area contributed by atoms with Crippen molar-refractivity contribution < 1.29 is 9.53 Å². The third kappa shape index (κ3) is 5.31. The smallest absolute Gasteiger partial charge is 0.320 e. The average molecular weight is 253 g/mol. The lowest BCUT2D eigenvalue weighted by Crippen LogP contribution is -2.31. The molecule has 1 aromatic rings. The van der Waals surface area contributed by atoms with Gasteiger partial charge in [-0.1, -0.05) is 6.92 Å². The molecule has 1 N–H and O–H groups in total. The van der Waals surface area contributed by atoms with Crippen LogP contribution in [0.4, 0.5) is 0 Å². The lowest BCUT2D eigenvalue weighted by Gasteiger charge is -2.19. The maximum Gasteiger partial charge on any atom is 0.320 e. The van der Waals surface area contributed by atoms with E-state index in [0.29, 0.717) is 6.54 Å². The van der Waals surface area contributed by atoms with Gasteiger partial charge < -0.3 is 14.6 Å². The number of aryl methyl sites for hydroxylation is 1. The summed E-state index contributed by atoms with van der Waals surface area (Å²) in [5, 5.41) is 3.07. The number of hydrogen-bond acceptors (Lipinski definition) is 4. The van der Waals surface area contributed by atoms with Crippen molar-refractivity contribution in [1.29, 1.82) is 0 Å². The highest BCUT2D eigenvalue weighted by molar-refractivity contribution is 5.72. The van der Waals surface area contributed by atoms with Crippen LogP contribution in [0, 0.1) is 0 Å². The summed E-state index contributed by atoms with van der Waals surface area (Å²) in [4.78, 5) is 15.6. The first-order valence-electron chi connectivity index (χ1n) is 6.34. The summed E-state index contributed by atoms with van der Waals surface area (Å²) in [5.74, 6) is -0.232. The van der Waals surface area contributed by atoms with E-state index in [1.54, 1.807) is 0 Å². The van der Waals surface area contributed by atoms with Crippen molar-refractivity contribution in [3.05, 3.63) is 18.2 Å². The number of aromatic nitrogens is 2. The van der Waals surface area contributed by atoms with Crippen molar-refractivity contribution in [2.24, 2.45) is 0 Å². The molecule has 1 heterocycles. The van der Waals surface area contributed by atoms with E-state index >= 15 is 0 Å². The molecule has 0 aliphatic rings. The minimum absolute atomic E-state index is 0.217. The number of nitrogens with one attached hydrogen (secondary N) is 1. The van der Waals surface area contributed by atoms with E-state index in [1.807, 2.05) is 33.3 Å². The van der Waals surface area contributed by atoms with Crippen molar-refractivity contribution in [2.45, 2.75) is 52.8 Å². The Balaban J connectivity index is 2.33. The highest BCUT2D eigenvalue weighted by Crippen LogP contribution is 2.06. The Morgan fingerprint density at radius 3 is 2.83 bits per heavy atom. The van der Waals surface area contributed by atoms with E-state index in [9.17, 15) is 4.79 Å². The molecule has 5 nitrogen and oxygen atoms in total. The number of esters is 1. The first-order valence-corrected chi connectivity index (χ1v) is 6.34. The molecule has 1 aromatic heterocycles. The lowest BCUT2D eigenvalue weighted by molar-refractivity contribution is -0.153. The van der Waals surface area contributed by atoms with Gasteiger partial charge in [-0.2, -0.15) is 0 Å². The largest absolute Gasteiger partial charge is 0.459 e. The molecule has 0 unspecified atom stereocenters. The van der Waals surface area contributed by atoms with Crippen LogP contribution < -0.4 is 5.32 Å². The summed E-state index contributed by atoms with van der Waals surface area (Å²) < 4.78 is 7.30. The van der Waals surface area contributed by atoms with Crippen LogP contribution in [0.25, 0.3) is 0 Å². The molecule has 0 bridgehead atoms. The van der Waals surface area contributed by atoms with Crippen molar-refractivity contribution in [2.75, 3.05) is 6.54 Å². The molecule has 18 heavy (non-hydrogen) atoms. The van der Waals surface area contributed by atoms with Gasteiger partial charge in [-0.25, -0.2) is 4.98 Å². The summed E-state index contributed by atoms with van der Waals surface area (Å²) in [7, 11) is 0. The van der Waals surface area contributed by atoms with Crippen LogP contribution in [-0.4, -0.2) is 27.7 Å². The molecule has 1 rings (SSSR count). The number of ether oxygens (including phenoxy) is 1. The summed E-state index contributed by atoms with van der Waals surface area (Å²) in [5.41, 5.74) is 0.656. The SMILES string of the molecule is CCCn1cncc1CNCC(=O)OC(C)(C)C. The topological polar surface area (TPSA) is 56.2 Å². The van der Waals surface area contributed by atoms with Gasteiger partial charge in [0.05, 0.1) is 18.6 Å². The van der Waals surface area contributed by atoms with Gasteiger partial charge in [0.2, 0.25) is 0 Å². The molecule has 0 saturated heterocycles. The molecule has 0 saturated carbocycles. The summed E-state index contributed by atoms with van der Waals surface area (Å²) in [6, 6.07) is 0. The predicted octanol–water partition coefficient (Wildman–Crippen LogP) is 1.72. The normalized spacial score (nSPS) is 11.6. The molecule has 0 aliphatic carbocycles. The second-order valence-corrected chi connectivity index (χ2v) is 5.27. The van der Waals surface area contributed by atoms with E-state index < -0.39 is 5.60 Å². The van der Waals surface area contributed by atoms with Crippen molar-refractivity contribution >= 4 is 5.97 Å². The van der Waals surface area contributed by atoms with E-state index in [1.165, 1.54) is 0 Å². The summed E-state index contributed by atoms with van der Waals surface area (Å²) >= 11 is 0. The van der Waals surface area contributed by atoms with Gasteiger partial charge in [-0.15, -0.1) is 0 Å². The lowest BCUT2D eigenvalue weighted by atomic mass is 10.2. The molecule has 0 fully saturated rings. The minimum Gasteiger partial charge on any atom is -0.459 e. The Kier molecular flexibility index (Phi) is 5.34. The average Bonchev–Trinajstić information content (AvgIpc) is 2.64. The highest BCUT2D eigenvalue weighted by atomic mass is 16.6. The van der Waals surface area contributed by atoms with E-state index in [4.69, 9.17) is 4.74 Å². The number of hydrogen-bond donors (Lipinski definition) is 1. The van der Waals surface area contributed by atoms with Crippen LogP contribution in [0.3, 0.4) is 0 Å².